The van der Waals surface area contributed by atoms with Gasteiger partial charge in [-0.1, -0.05) is 6.92 Å². The molecule has 0 bridgehead atoms. The van der Waals surface area contributed by atoms with Gasteiger partial charge in [-0.3, -0.25) is 4.79 Å². The Morgan fingerprint density at radius 2 is 2.40 bits per heavy atom. The van der Waals surface area contributed by atoms with Gasteiger partial charge in [-0.15, -0.1) is 0 Å². The van der Waals surface area contributed by atoms with Gasteiger partial charge < -0.3 is 14.6 Å². The number of hydrogen-bond acceptors (Lipinski definition) is 3. The van der Waals surface area contributed by atoms with Gasteiger partial charge in [-0.05, 0) is 50.8 Å². The minimum absolute atomic E-state index is 0.201. The second-order valence-electron chi connectivity index (χ2n) is 6.16. The van der Waals surface area contributed by atoms with Crippen LogP contribution in [0.1, 0.15) is 44.8 Å². The zero-order valence-electron chi connectivity index (χ0n) is 12.2. The van der Waals surface area contributed by atoms with Crippen LogP contribution in [0.5, 0.6) is 0 Å². The average molecular weight is 276 g/mol. The standard InChI is InChI=1S/C16H24N2O2/c1-2-16(8-4-9-17-12-16)15(19)18(13-6-7-13)11-14-5-3-10-20-14/h3,5,10,13,17H,2,4,6-9,11-12H2,1H3. The van der Waals surface area contributed by atoms with Crippen LogP contribution in [0.25, 0.3) is 0 Å². The molecule has 110 valence electrons. The second-order valence-corrected chi connectivity index (χ2v) is 6.16. The van der Waals surface area contributed by atoms with Crippen LogP contribution in [0.4, 0.5) is 0 Å². The third-order valence-electron chi connectivity index (χ3n) is 4.76. The molecule has 1 aromatic rings. The topological polar surface area (TPSA) is 45.5 Å². The van der Waals surface area contributed by atoms with Crippen molar-refractivity contribution in [3.05, 3.63) is 24.2 Å². The van der Waals surface area contributed by atoms with Crippen molar-refractivity contribution in [1.29, 1.82) is 0 Å². The minimum atomic E-state index is -0.201. The van der Waals surface area contributed by atoms with E-state index in [9.17, 15) is 4.79 Å². The molecule has 1 atom stereocenters. The highest BCUT2D eigenvalue weighted by Crippen LogP contribution is 2.37. The molecule has 1 saturated heterocycles. The summed E-state index contributed by atoms with van der Waals surface area (Å²) >= 11 is 0. The van der Waals surface area contributed by atoms with E-state index in [-0.39, 0.29) is 5.41 Å². The highest BCUT2D eigenvalue weighted by molar-refractivity contribution is 5.83. The molecule has 1 unspecified atom stereocenters. The van der Waals surface area contributed by atoms with Gasteiger partial charge in [0.2, 0.25) is 5.91 Å². The first kappa shape index (κ1) is 13.7. The lowest BCUT2D eigenvalue weighted by atomic mass is 9.77. The Bertz CT molecular complexity index is 445. The maximum absolute atomic E-state index is 13.1. The summed E-state index contributed by atoms with van der Waals surface area (Å²) in [4.78, 5) is 15.2. The number of hydrogen-bond donors (Lipinski definition) is 1. The van der Waals surface area contributed by atoms with Crippen molar-refractivity contribution in [2.45, 2.75) is 51.6 Å². The monoisotopic (exact) mass is 276 g/mol. The molecule has 2 heterocycles. The molecular formula is C16H24N2O2. The van der Waals surface area contributed by atoms with Crippen molar-refractivity contribution < 1.29 is 9.21 Å². The molecule has 4 nitrogen and oxygen atoms in total. The van der Waals surface area contributed by atoms with Crippen molar-refractivity contribution in [3.8, 4) is 0 Å². The Hall–Kier alpha value is -1.29. The summed E-state index contributed by atoms with van der Waals surface area (Å²) in [7, 11) is 0. The molecule has 2 fully saturated rings. The lowest BCUT2D eigenvalue weighted by Crippen LogP contribution is -2.52. The highest BCUT2D eigenvalue weighted by atomic mass is 16.3. The summed E-state index contributed by atoms with van der Waals surface area (Å²) < 4.78 is 5.44. The van der Waals surface area contributed by atoms with E-state index in [1.165, 1.54) is 0 Å². The van der Waals surface area contributed by atoms with Crippen molar-refractivity contribution >= 4 is 5.91 Å². The lowest BCUT2D eigenvalue weighted by Gasteiger charge is -2.39. The minimum Gasteiger partial charge on any atom is -0.467 e. The third kappa shape index (κ3) is 2.62. The van der Waals surface area contributed by atoms with Crippen molar-refractivity contribution in [2.75, 3.05) is 13.1 Å². The quantitative estimate of drug-likeness (QED) is 0.899. The Morgan fingerprint density at radius 3 is 2.95 bits per heavy atom. The summed E-state index contributed by atoms with van der Waals surface area (Å²) in [6, 6.07) is 4.28. The van der Waals surface area contributed by atoms with Crippen molar-refractivity contribution in [1.82, 2.24) is 10.2 Å². The fraction of sp³-hybridized carbons (Fsp3) is 0.688. The van der Waals surface area contributed by atoms with E-state index in [2.05, 4.69) is 17.1 Å². The van der Waals surface area contributed by atoms with Crippen LogP contribution in [0, 0.1) is 5.41 Å². The Balaban J connectivity index is 1.77. The van der Waals surface area contributed by atoms with E-state index < -0.39 is 0 Å². The fourth-order valence-corrected chi connectivity index (χ4v) is 3.23. The molecule has 0 aromatic carbocycles. The van der Waals surface area contributed by atoms with Gasteiger partial charge in [0.15, 0.2) is 0 Å². The first-order valence-electron chi connectivity index (χ1n) is 7.79. The zero-order valence-corrected chi connectivity index (χ0v) is 12.2. The molecule has 0 radical (unpaired) electrons. The predicted molar refractivity (Wildman–Crippen MR) is 77.1 cm³/mol. The molecule has 1 saturated carbocycles. The van der Waals surface area contributed by atoms with Crippen LogP contribution in [-0.2, 0) is 11.3 Å². The molecule has 1 aliphatic carbocycles. The first-order chi connectivity index (χ1) is 9.75. The van der Waals surface area contributed by atoms with Crippen LogP contribution in [-0.4, -0.2) is 29.9 Å². The normalized spacial score (nSPS) is 26.4. The van der Waals surface area contributed by atoms with E-state index in [0.717, 1.165) is 51.0 Å². The first-order valence-corrected chi connectivity index (χ1v) is 7.79. The SMILES string of the molecule is CCC1(C(=O)N(Cc2ccco2)C2CC2)CCCNC1. The van der Waals surface area contributed by atoms with E-state index in [0.29, 0.717) is 18.5 Å². The maximum atomic E-state index is 13.1. The Labute approximate surface area is 120 Å². The molecule has 20 heavy (non-hydrogen) atoms. The predicted octanol–water partition coefficient (Wildman–Crippen LogP) is 2.55. The molecule has 1 aliphatic heterocycles. The van der Waals surface area contributed by atoms with Gasteiger partial charge in [-0.25, -0.2) is 0 Å². The highest BCUT2D eigenvalue weighted by Gasteiger charge is 2.44. The second kappa shape index (κ2) is 5.60. The molecule has 3 rings (SSSR count). The summed E-state index contributed by atoms with van der Waals surface area (Å²) in [6.07, 6.45) is 6.98. The van der Waals surface area contributed by atoms with Crippen LogP contribution < -0.4 is 5.32 Å². The molecule has 0 spiro atoms. The Morgan fingerprint density at radius 1 is 1.55 bits per heavy atom. The number of nitrogens with one attached hydrogen (secondary N) is 1. The molecule has 2 aliphatic rings. The number of furan rings is 1. The van der Waals surface area contributed by atoms with Crippen molar-refractivity contribution in [2.24, 2.45) is 5.41 Å². The Kier molecular flexibility index (Phi) is 3.83. The van der Waals surface area contributed by atoms with Crippen molar-refractivity contribution in [3.63, 3.8) is 0 Å². The number of nitrogens with zero attached hydrogens (tertiary/aromatic N) is 1. The summed E-state index contributed by atoms with van der Waals surface area (Å²) in [6.45, 7) is 4.63. The van der Waals surface area contributed by atoms with Gasteiger partial charge in [0.05, 0.1) is 18.2 Å². The third-order valence-corrected chi connectivity index (χ3v) is 4.76. The number of carbonyl (C=O) groups excluding carboxylic acids is 1. The number of rotatable bonds is 5. The van der Waals surface area contributed by atoms with Crippen LogP contribution >= 0.6 is 0 Å². The van der Waals surface area contributed by atoms with Crippen LogP contribution in [0.3, 0.4) is 0 Å². The molecule has 4 heteroatoms. The van der Waals surface area contributed by atoms with Gasteiger partial charge >= 0.3 is 0 Å². The average Bonchev–Trinajstić information content (AvgIpc) is 3.21. The summed E-state index contributed by atoms with van der Waals surface area (Å²) in [5, 5.41) is 3.41. The molecule has 1 N–H and O–H groups in total. The zero-order chi connectivity index (χ0) is 14.0. The van der Waals surface area contributed by atoms with Crippen LogP contribution in [0.2, 0.25) is 0 Å². The maximum Gasteiger partial charge on any atom is 0.230 e. The lowest BCUT2D eigenvalue weighted by molar-refractivity contribution is -0.145. The molecule has 1 aromatic heterocycles. The van der Waals surface area contributed by atoms with Gasteiger partial charge in [-0.2, -0.15) is 0 Å². The van der Waals surface area contributed by atoms with Gasteiger partial charge in [0.25, 0.3) is 0 Å². The fourth-order valence-electron chi connectivity index (χ4n) is 3.23. The largest absolute Gasteiger partial charge is 0.467 e. The van der Waals surface area contributed by atoms with Gasteiger partial charge in [0.1, 0.15) is 5.76 Å². The van der Waals surface area contributed by atoms with E-state index >= 15 is 0 Å². The van der Waals surface area contributed by atoms with Crippen LogP contribution in [0.15, 0.2) is 22.8 Å². The summed E-state index contributed by atoms with van der Waals surface area (Å²) in [5.74, 6) is 1.21. The summed E-state index contributed by atoms with van der Waals surface area (Å²) in [5.41, 5.74) is -0.201. The van der Waals surface area contributed by atoms with E-state index in [4.69, 9.17) is 4.42 Å². The number of amides is 1. The van der Waals surface area contributed by atoms with Gasteiger partial charge in [0, 0.05) is 12.6 Å². The number of piperidine rings is 1. The number of carbonyl (C=O) groups is 1. The van der Waals surface area contributed by atoms with E-state index in [1.807, 2.05) is 12.1 Å². The smallest absolute Gasteiger partial charge is 0.230 e. The molecule has 1 amide bonds. The van der Waals surface area contributed by atoms with E-state index in [1.54, 1.807) is 6.26 Å². The molecular weight excluding hydrogens is 252 g/mol.